The quantitative estimate of drug-likeness (QED) is 0.537. The predicted molar refractivity (Wildman–Crippen MR) is 32.6 cm³/mol. The molecular weight excluding hydrogens is 138 g/mol. The zero-order chi connectivity index (χ0) is 6.69. The van der Waals surface area contributed by atoms with Crippen molar-refractivity contribution in [3.05, 3.63) is 18.6 Å². The lowest BCUT2D eigenvalue weighted by molar-refractivity contribution is 0.681. The molecule has 0 spiro atoms. The Hall–Kier alpha value is -0.810. The minimum absolute atomic E-state index is 0.352. The molecule has 0 aromatic carbocycles. The summed E-state index contributed by atoms with van der Waals surface area (Å²) in [6.45, 7) is 0. The van der Waals surface area contributed by atoms with Crippen LogP contribution in [0.3, 0.4) is 0 Å². The van der Waals surface area contributed by atoms with Gasteiger partial charge < -0.3 is 0 Å². The maximum absolute atomic E-state index is 10.4. The summed E-state index contributed by atoms with van der Waals surface area (Å²) < 4.78 is 10.4. The fraction of sp³-hybridized carbons (Fsp3) is 0. The molecule has 1 heterocycles. The third-order valence-corrected chi connectivity index (χ3v) is 1.41. The fourth-order valence-electron chi connectivity index (χ4n) is 0.398. The van der Waals surface area contributed by atoms with Gasteiger partial charge in [0.25, 0.3) is 0 Å². The maximum Gasteiger partial charge on any atom is 0.145 e. The van der Waals surface area contributed by atoms with E-state index in [-0.39, 0.29) is 0 Å². The summed E-state index contributed by atoms with van der Waals surface area (Å²) in [4.78, 5) is 7.27. The van der Waals surface area contributed by atoms with Crippen molar-refractivity contribution in [3.8, 4) is 0 Å². The van der Waals surface area contributed by atoms with Crippen LogP contribution in [0.2, 0.25) is 0 Å². The Morgan fingerprint density at radius 3 is 2.78 bits per heavy atom. The number of aromatic nitrogens is 2. The fourth-order valence-corrected chi connectivity index (χ4v) is 0.744. The highest BCUT2D eigenvalue weighted by Gasteiger charge is 1.94. The first-order chi connectivity index (χ1) is 4.30. The van der Waals surface area contributed by atoms with Gasteiger partial charge in [-0.05, 0) is 6.07 Å². The molecule has 1 aromatic rings. The van der Waals surface area contributed by atoms with Crippen molar-refractivity contribution in [1.29, 1.82) is 0 Å². The van der Waals surface area contributed by atoms with Gasteiger partial charge in [0.05, 0.1) is 0 Å². The molecule has 0 amide bonds. The molecule has 4 nitrogen and oxygen atoms in total. The summed E-state index contributed by atoms with van der Waals surface area (Å²) in [6.07, 6.45) is 2.80. The Morgan fingerprint density at radius 1 is 1.67 bits per heavy atom. The molecule has 0 fully saturated rings. The Bertz CT molecular complexity index is 212. The molecule has 0 aliphatic heterocycles. The van der Waals surface area contributed by atoms with Gasteiger partial charge in [-0.15, -0.1) is 0 Å². The lowest BCUT2D eigenvalue weighted by atomic mass is 10.7. The molecule has 0 saturated carbocycles. The van der Waals surface area contributed by atoms with Crippen LogP contribution in [0, 0.1) is 0 Å². The number of nitrogens with two attached hydrogens (primary N) is 1. The third-order valence-electron chi connectivity index (χ3n) is 0.761. The molecule has 1 aromatic heterocycles. The lowest BCUT2D eigenvalue weighted by Crippen LogP contribution is -2.04. The predicted octanol–water partition coefficient (Wildman–Crippen LogP) is -0.542. The van der Waals surface area contributed by atoms with Crippen LogP contribution in [-0.4, -0.2) is 14.2 Å². The van der Waals surface area contributed by atoms with Crippen LogP contribution in [0.4, 0.5) is 0 Å². The van der Waals surface area contributed by atoms with Gasteiger partial charge in [0, 0.05) is 6.20 Å². The average Bonchev–Trinajstić information content (AvgIpc) is 1.90. The standard InChI is InChI=1S/C4H5N3OS/c5-9(8)4-1-2-6-3-7-4/h1-3H,5H2. The van der Waals surface area contributed by atoms with Crippen molar-refractivity contribution in [2.75, 3.05) is 0 Å². The molecule has 0 saturated heterocycles. The van der Waals surface area contributed by atoms with E-state index in [4.69, 9.17) is 5.14 Å². The van der Waals surface area contributed by atoms with Crippen molar-refractivity contribution in [1.82, 2.24) is 9.97 Å². The molecule has 1 rings (SSSR count). The summed E-state index contributed by atoms with van der Waals surface area (Å²) in [5.74, 6) is 0. The summed E-state index contributed by atoms with van der Waals surface area (Å²) in [6, 6.07) is 1.51. The van der Waals surface area contributed by atoms with E-state index in [9.17, 15) is 4.21 Å². The van der Waals surface area contributed by atoms with E-state index in [1.54, 1.807) is 0 Å². The van der Waals surface area contributed by atoms with Crippen molar-refractivity contribution < 1.29 is 4.21 Å². The van der Waals surface area contributed by atoms with E-state index in [0.717, 1.165) is 0 Å². The van der Waals surface area contributed by atoms with E-state index in [2.05, 4.69) is 9.97 Å². The van der Waals surface area contributed by atoms with Crippen molar-refractivity contribution >= 4 is 11.0 Å². The van der Waals surface area contributed by atoms with Gasteiger partial charge in [0.2, 0.25) is 0 Å². The largest absolute Gasteiger partial charge is 0.246 e. The highest BCUT2D eigenvalue weighted by atomic mass is 32.2. The van der Waals surface area contributed by atoms with Crippen LogP contribution in [0.5, 0.6) is 0 Å². The molecule has 48 valence electrons. The second-order valence-corrected chi connectivity index (χ2v) is 2.36. The Labute approximate surface area is 54.7 Å². The molecular formula is C4H5N3OS. The smallest absolute Gasteiger partial charge is 0.145 e. The molecule has 0 bridgehead atoms. The van der Waals surface area contributed by atoms with Crippen LogP contribution in [0.15, 0.2) is 23.6 Å². The monoisotopic (exact) mass is 143 g/mol. The zero-order valence-electron chi connectivity index (χ0n) is 4.52. The van der Waals surface area contributed by atoms with Crippen molar-refractivity contribution in [2.24, 2.45) is 5.14 Å². The first-order valence-corrected chi connectivity index (χ1v) is 3.44. The van der Waals surface area contributed by atoms with E-state index in [1.165, 1.54) is 18.6 Å². The zero-order valence-corrected chi connectivity index (χ0v) is 5.34. The van der Waals surface area contributed by atoms with Gasteiger partial charge in [-0.2, -0.15) is 0 Å². The molecule has 1 atom stereocenters. The molecule has 0 aliphatic carbocycles. The number of nitrogens with zero attached hydrogens (tertiary/aromatic N) is 2. The van der Waals surface area contributed by atoms with E-state index < -0.39 is 11.0 Å². The van der Waals surface area contributed by atoms with Crippen molar-refractivity contribution in [2.45, 2.75) is 5.03 Å². The Morgan fingerprint density at radius 2 is 2.44 bits per heavy atom. The highest BCUT2D eigenvalue weighted by Crippen LogP contribution is 1.91. The Kier molecular flexibility index (Phi) is 1.86. The summed E-state index contributed by atoms with van der Waals surface area (Å²) in [5.41, 5.74) is 0. The number of rotatable bonds is 1. The number of hydrogen-bond acceptors (Lipinski definition) is 3. The van der Waals surface area contributed by atoms with Crippen LogP contribution in [0.25, 0.3) is 0 Å². The SMILES string of the molecule is NS(=O)c1ccncn1. The summed E-state index contributed by atoms with van der Waals surface area (Å²) >= 11 is 0. The third kappa shape index (κ3) is 1.55. The minimum atomic E-state index is -1.48. The van der Waals surface area contributed by atoms with Gasteiger partial charge >= 0.3 is 0 Å². The van der Waals surface area contributed by atoms with Crippen LogP contribution in [0.1, 0.15) is 0 Å². The normalized spacial score (nSPS) is 13.0. The number of hydrogen-bond donors (Lipinski definition) is 1. The van der Waals surface area contributed by atoms with Gasteiger partial charge in [0.1, 0.15) is 22.3 Å². The van der Waals surface area contributed by atoms with Crippen molar-refractivity contribution in [3.63, 3.8) is 0 Å². The van der Waals surface area contributed by atoms with Gasteiger partial charge in [-0.25, -0.2) is 19.3 Å². The summed E-state index contributed by atoms with van der Waals surface area (Å²) in [5, 5.41) is 5.35. The van der Waals surface area contributed by atoms with E-state index in [0.29, 0.717) is 5.03 Å². The Balaban J connectivity index is 2.98. The molecule has 5 heteroatoms. The second kappa shape index (κ2) is 2.65. The molecule has 0 radical (unpaired) electrons. The van der Waals surface area contributed by atoms with E-state index in [1.807, 2.05) is 0 Å². The van der Waals surface area contributed by atoms with Gasteiger partial charge in [-0.3, -0.25) is 0 Å². The molecule has 0 aliphatic rings. The van der Waals surface area contributed by atoms with Crippen LogP contribution < -0.4 is 5.14 Å². The molecule has 2 N–H and O–H groups in total. The summed E-state index contributed by atoms with van der Waals surface area (Å²) in [7, 11) is -1.48. The first-order valence-electron chi connectivity index (χ1n) is 2.23. The maximum atomic E-state index is 10.4. The van der Waals surface area contributed by atoms with Crippen LogP contribution in [-0.2, 0) is 11.0 Å². The molecule has 9 heavy (non-hydrogen) atoms. The second-order valence-electron chi connectivity index (χ2n) is 1.35. The topological polar surface area (TPSA) is 68.9 Å². The molecule has 1 unspecified atom stereocenters. The average molecular weight is 143 g/mol. The minimum Gasteiger partial charge on any atom is -0.246 e. The highest BCUT2D eigenvalue weighted by molar-refractivity contribution is 7.82. The van der Waals surface area contributed by atoms with Crippen LogP contribution >= 0.6 is 0 Å². The first kappa shape index (κ1) is 6.31. The van der Waals surface area contributed by atoms with Gasteiger partial charge in [-0.1, -0.05) is 0 Å². The van der Waals surface area contributed by atoms with Gasteiger partial charge in [0.15, 0.2) is 0 Å². The lowest BCUT2D eigenvalue weighted by Gasteiger charge is -1.88. The van der Waals surface area contributed by atoms with E-state index >= 15 is 0 Å².